The molecule has 3 rings (SSSR count). The van der Waals surface area contributed by atoms with Crippen molar-refractivity contribution in [1.82, 2.24) is 21.3 Å². The van der Waals surface area contributed by atoms with Gasteiger partial charge in [-0.05, 0) is 11.1 Å². The molecule has 0 unspecified atom stereocenters. The third kappa shape index (κ3) is 6.25. The van der Waals surface area contributed by atoms with Crippen molar-refractivity contribution < 1.29 is 19.1 Å². The van der Waals surface area contributed by atoms with E-state index in [1.165, 1.54) is 7.11 Å². The van der Waals surface area contributed by atoms with Gasteiger partial charge in [-0.15, -0.1) is 5.53 Å². The van der Waals surface area contributed by atoms with Gasteiger partial charge in [-0.25, -0.2) is 9.59 Å². The molecule has 8 nitrogen and oxygen atoms in total. The summed E-state index contributed by atoms with van der Waals surface area (Å²) in [7, 11) is 1.25. The van der Waals surface area contributed by atoms with Crippen LogP contribution in [-0.4, -0.2) is 30.2 Å². The number of alkyl carbamates (subject to hydrolysis) is 1. The van der Waals surface area contributed by atoms with E-state index in [2.05, 4.69) is 21.0 Å². The number of hydrazine groups is 2. The summed E-state index contributed by atoms with van der Waals surface area (Å²) >= 11 is 0. The Balaban J connectivity index is 1.59. The summed E-state index contributed by atoms with van der Waals surface area (Å²) in [5, 5.41) is 4.39. The third-order valence-electron chi connectivity index (χ3n) is 4.28. The van der Waals surface area contributed by atoms with Crippen LogP contribution < -0.4 is 16.3 Å². The second-order valence-electron chi connectivity index (χ2n) is 6.49. The van der Waals surface area contributed by atoms with Crippen LogP contribution in [0.2, 0.25) is 0 Å². The van der Waals surface area contributed by atoms with Gasteiger partial charge in [0.2, 0.25) is 0 Å². The van der Waals surface area contributed by atoms with Crippen molar-refractivity contribution >= 4 is 12.1 Å². The first kappa shape index (κ1) is 20.2. The van der Waals surface area contributed by atoms with Gasteiger partial charge in [0.25, 0.3) is 0 Å². The molecule has 0 spiro atoms. The summed E-state index contributed by atoms with van der Waals surface area (Å²) in [6, 6.07) is 18.4. The van der Waals surface area contributed by atoms with Gasteiger partial charge in [-0.3, -0.25) is 5.01 Å². The molecule has 0 radical (unpaired) electrons. The van der Waals surface area contributed by atoms with Crippen molar-refractivity contribution in [2.45, 2.75) is 25.6 Å². The average Bonchev–Trinajstić information content (AvgIpc) is 3.19. The van der Waals surface area contributed by atoms with E-state index in [9.17, 15) is 9.59 Å². The lowest BCUT2D eigenvalue weighted by atomic mass is 10.1. The summed E-state index contributed by atoms with van der Waals surface area (Å²) in [6.07, 6.45) is 1.38. The number of nitrogens with one attached hydrogen (secondary N) is 3. The number of carbonyl (C=O) groups excluding carboxylic acids is 2. The molecular weight excluding hydrogens is 372 g/mol. The molecule has 1 amide bonds. The first-order valence-corrected chi connectivity index (χ1v) is 9.22. The summed E-state index contributed by atoms with van der Waals surface area (Å²) in [5.74, 6) is -0.538. The maximum Gasteiger partial charge on any atom is 0.407 e. The smallest absolute Gasteiger partial charge is 0.407 e. The maximum absolute atomic E-state index is 12.5. The number of carbonyl (C=O) groups is 2. The molecule has 3 N–H and O–H groups in total. The highest BCUT2D eigenvalue weighted by atomic mass is 16.5. The highest BCUT2D eigenvalue weighted by Crippen LogP contribution is 2.13. The predicted molar refractivity (Wildman–Crippen MR) is 107 cm³/mol. The van der Waals surface area contributed by atoms with Gasteiger partial charge in [-0.2, -0.15) is 0 Å². The van der Waals surface area contributed by atoms with Crippen LogP contribution in [0.3, 0.4) is 0 Å². The molecule has 1 aliphatic heterocycles. The number of hydrogen-bond acceptors (Lipinski definition) is 7. The highest BCUT2D eigenvalue weighted by Gasteiger charge is 2.26. The Morgan fingerprint density at radius 3 is 2.34 bits per heavy atom. The van der Waals surface area contributed by atoms with Crippen molar-refractivity contribution in [3.05, 3.63) is 83.7 Å². The van der Waals surface area contributed by atoms with Crippen LogP contribution in [0, 0.1) is 0 Å². The minimum Gasteiger partial charge on any atom is -0.459 e. The van der Waals surface area contributed by atoms with Crippen molar-refractivity contribution in [2.24, 2.45) is 0 Å². The van der Waals surface area contributed by atoms with E-state index in [-0.39, 0.29) is 13.0 Å². The molecule has 152 valence electrons. The monoisotopic (exact) mass is 396 g/mol. The Morgan fingerprint density at radius 1 is 1.03 bits per heavy atom. The van der Waals surface area contributed by atoms with Gasteiger partial charge in [0.1, 0.15) is 12.6 Å². The minimum atomic E-state index is -0.886. The first-order chi connectivity index (χ1) is 14.1. The van der Waals surface area contributed by atoms with Crippen molar-refractivity contribution in [3.63, 3.8) is 0 Å². The van der Waals surface area contributed by atoms with Crippen LogP contribution >= 0.6 is 0 Å². The molecular formula is C21H24N4O4. The number of benzene rings is 2. The van der Waals surface area contributed by atoms with Crippen LogP contribution in [0.5, 0.6) is 0 Å². The SMILES string of the molecule is COC(=O)N[C@@H](CC1=CN(Cc2ccccc2)NN1)C(=O)OCc1ccccc1. The lowest BCUT2D eigenvalue weighted by Gasteiger charge is -2.17. The zero-order valence-corrected chi connectivity index (χ0v) is 16.1. The number of nitrogens with zero attached hydrogens (tertiary/aromatic N) is 1. The molecule has 8 heteroatoms. The number of hydrogen-bond donors (Lipinski definition) is 3. The Morgan fingerprint density at radius 2 is 1.69 bits per heavy atom. The fourth-order valence-corrected chi connectivity index (χ4v) is 2.81. The molecule has 0 aromatic heterocycles. The Bertz CT molecular complexity index is 842. The highest BCUT2D eigenvalue weighted by molar-refractivity contribution is 5.81. The van der Waals surface area contributed by atoms with E-state index in [0.717, 1.165) is 16.8 Å². The molecule has 0 bridgehead atoms. The van der Waals surface area contributed by atoms with Crippen LogP contribution in [-0.2, 0) is 27.4 Å². The van der Waals surface area contributed by atoms with Crippen molar-refractivity contribution in [2.75, 3.05) is 7.11 Å². The van der Waals surface area contributed by atoms with Crippen molar-refractivity contribution in [1.29, 1.82) is 0 Å². The van der Waals surface area contributed by atoms with E-state index < -0.39 is 18.1 Å². The van der Waals surface area contributed by atoms with E-state index in [1.54, 1.807) is 0 Å². The zero-order valence-electron chi connectivity index (χ0n) is 16.1. The van der Waals surface area contributed by atoms with E-state index in [0.29, 0.717) is 6.54 Å². The molecule has 1 atom stereocenters. The van der Waals surface area contributed by atoms with Crippen LogP contribution in [0.1, 0.15) is 17.5 Å². The summed E-state index contributed by atoms with van der Waals surface area (Å²) in [4.78, 5) is 24.2. The largest absolute Gasteiger partial charge is 0.459 e. The number of esters is 1. The molecule has 1 aliphatic rings. The standard InChI is InChI=1S/C21H24N4O4/c1-28-21(27)22-19(20(26)29-15-17-10-6-3-7-11-17)12-18-14-25(24-23-18)13-16-8-4-2-5-9-16/h2-11,14,19,23-24H,12-13,15H2,1H3,(H,22,27)/t19-/m0/s1. The third-order valence-corrected chi connectivity index (χ3v) is 4.28. The molecule has 0 saturated heterocycles. The molecule has 0 fully saturated rings. The van der Waals surface area contributed by atoms with Gasteiger partial charge in [-0.1, -0.05) is 60.7 Å². The molecule has 0 aliphatic carbocycles. The average molecular weight is 396 g/mol. The lowest BCUT2D eigenvalue weighted by Crippen LogP contribution is -2.43. The second kappa shape index (κ2) is 10.1. The van der Waals surface area contributed by atoms with E-state index in [1.807, 2.05) is 71.9 Å². The number of ether oxygens (including phenoxy) is 2. The zero-order chi connectivity index (χ0) is 20.5. The van der Waals surface area contributed by atoms with Crippen LogP contribution in [0.4, 0.5) is 4.79 Å². The second-order valence-corrected chi connectivity index (χ2v) is 6.49. The molecule has 2 aromatic carbocycles. The summed E-state index contributed by atoms with van der Waals surface area (Å²) in [5.41, 5.74) is 8.77. The van der Waals surface area contributed by atoms with Gasteiger partial charge in [0.05, 0.1) is 13.7 Å². The topological polar surface area (TPSA) is 91.9 Å². The maximum atomic E-state index is 12.5. The fourth-order valence-electron chi connectivity index (χ4n) is 2.81. The Kier molecular flexibility index (Phi) is 7.07. The Hall–Kier alpha value is -3.52. The quantitative estimate of drug-likeness (QED) is 0.589. The number of amides is 1. The fraction of sp³-hybridized carbons (Fsp3) is 0.238. The first-order valence-electron chi connectivity index (χ1n) is 9.22. The van der Waals surface area contributed by atoms with Gasteiger partial charge in [0.15, 0.2) is 0 Å². The van der Waals surface area contributed by atoms with Gasteiger partial charge < -0.3 is 20.2 Å². The molecule has 0 saturated carbocycles. The molecule has 2 aromatic rings. The van der Waals surface area contributed by atoms with Crippen LogP contribution in [0.15, 0.2) is 72.6 Å². The van der Waals surface area contributed by atoms with Crippen molar-refractivity contribution in [3.8, 4) is 0 Å². The number of methoxy groups -OCH3 is 1. The molecule has 1 heterocycles. The Labute approximate surface area is 169 Å². The van der Waals surface area contributed by atoms with E-state index in [4.69, 9.17) is 4.74 Å². The minimum absolute atomic E-state index is 0.129. The number of rotatable bonds is 8. The van der Waals surface area contributed by atoms with Crippen LogP contribution in [0.25, 0.3) is 0 Å². The predicted octanol–water partition coefficient (Wildman–Crippen LogP) is 2.21. The van der Waals surface area contributed by atoms with Gasteiger partial charge in [0, 0.05) is 18.3 Å². The normalized spacial score (nSPS) is 13.8. The van der Waals surface area contributed by atoms with E-state index >= 15 is 0 Å². The summed E-state index contributed by atoms with van der Waals surface area (Å²) < 4.78 is 10.0. The van der Waals surface area contributed by atoms with Gasteiger partial charge >= 0.3 is 12.1 Å². The summed E-state index contributed by atoms with van der Waals surface area (Å²) in [6.45, 7) is 0.773. The lowest BCUT2D eigenvalue weighted by molar-refractivity contribution is -0.147. The molecule has 29 heavy (non-hydrogen) atoms.